The summed E-state index contributed by atoms with van der Waals surface area (Å²) in [6.07, 6.45) is 2.66. The third-order valence-electron chi connectivity index (χ3n) is 5.91. The van der Waals surface area contributed by atoms with E-state index in [4.69, 9.17) is 4.74 Å². The van der Waals surface area contributed by atoms with Crippen LogP contribution in [0.3, 0.4) is 0 Å². The smallest absolute Gasteiger partial charge is 0.180 e. The summed E-state index contributed by atoms with van der Waals surface area (Å²) in [6, 6.07) is 8.55. The fourth-order valence-electron chi connectivity index (χ4n) is 4.67. The second-order valence-electron chi connectivity index (χ2n) is 7.86. The molecular formula is C20H28Cl2N4O3S. The monoisotopic (exact) mass is 474 g/mol. The van der Waals surface area contributed by atoms with Crippen LogP contribution in [0.1, 0.15) is 17.4 Å². The van der Waals surface area contributed by atoms with Gasteiger partial charge < -0.3 is 9.64 Å². The Morgan fingerprint density at radius 2 is 1.77 bits per heavy atom. The average molecular weight is 475 g/mol. The van der Waals surface area contributed by atoms with Crippen molar-refractivity contribution >= 4 is 40.5 Å². The van der Waals surface area contributed by atoms with E-state index in [2.05, 4.69) is 38.9 Å². The maximum Gasteiger partial charge on any atom is 0.180 e. The van der Waals surface area contributed by atoms with Crippen molar-refractivity contribution < 1.29 is 13.2 Å². The second kappa shape index (κ2) is 9.26. The number of likely N-dealkylation sites (tertiary alicyclic amines) is 1. The van der Waals surface area contributed by atoms with Crippen molar-refractivity contribution in [3.63, 3.8) is 0 Å². The molecule has 0 amide bonds. The highest BCUT2D eigenvalue weighted by molar-refractivity contribution is 7.90. The number of sulfone groups is 1. The lowest BCUT2D eigenvalue weighted by Crippen LogP contribution is -2.30. The molecule has 0 unspecified atom stereocenters. The minimum Gasteiger partial charge on any atom is -0.497 e. The Bertz CT molecular complexity index is 988. The van der Waals surface area contributed by atoms with E-state index in [0.29, 0.717) is 29.5 Å². The Morgan fingerprint density at radius 3 is 2.37 bits per heavy atom. The van der Waals surface area contributed by atoms with Gasteiger partial charge in [0.1, 0.15) is 16.5 Å². The average Bonchev–Trinajstić information content (AvgIpc) is 3.17. The van der Waals surface area contributed by atoms with Gasteiger partial charge in [-0.2, -0.15) is 0 Å². The van der Waals surface area contributed by atoms with Gasteiger partial charge in [-0.05, 0) is 37.6 Å². The molecule has 30 heavy (non-hydrogen) atoms. The number of methoxy groups -OCH3 is 1. The van der Waals surface area contributed by atoms with Crippen LogP contribution in [0, 0.1) is 18.8 Å². The van der Waals surface area contributed by atoms with E-state index >= 15 is 0 Å². The number of ether oxygens (including phenoxy) is 1. The number of nitrogens with zero attached hydrogens (tertiary/aromatic N) is 4. The Balaban J connectivity index is 0.00000160. The molecule has 0 N–H and O–H groups in total. The molecule has 10 heteroatoms. The Kier molecular flexibility index (Phi) is 7.61. The highest BCUT2D eigenvalue weighted by Gasteiger charge is 2.47. The molecule has 4 rings (SSSR count). The van der Waals surface area contributed by atoms with Crippen LogP contribution in [0.15, 0.2) is 35.4 Å². The summed E-state index contributed by atoms with van der Waals surface area (Å²) >= 11 is 0. The number of hydrogen-bond donors (Lipinski definition) is 0. The first kappa shape index (κ1) is 24.7. The van der Waals surface area contributed by atoms with Gasteiger partial charge in [0.15, 0.2) is 15.7 Å². The van der Waals surface area contributed by atoms with Gasteiger partial charge >= 0.3 is 0 Å². The minimum absolute atomic E-state index is 0. The van der Waals surface area contributed by atoms with Crippen LogP contribution in [0.25, 0.3) is 0 Å². The lowest BCUT2D eigenvalue weighted by atomic mass is 9.89. The molecule has 2 aliphatic rings. The molecule has 0 saturated carbocycles. The van der Waals surface area contributed by atoms with Gasteiger partial charge in [0.05, 0.1) is 13.3 Å². The van der Waals surface area contributed by atoms with E-state index in [1.807, 2.05) is 12.1 Å². The number of rotatable bonds is 4. The van der Waals surface area contributed by atoms with Gasteiger partial charge in [0.2, 0.25) is 0 Å². The molecule has 0 radical (unpaired) electrons. The maximum absolute atomic E-state index is 12.2. The molecule has 3 heterocycles. The summed E-state index contributed by atoms with van der Waals surface area (Å²) in [7, 11) is 0.446. The summed E-state index contributed by atoms with van der Waals surface area (Å²) in [5.41, 5.74) is 1.26. The zero-order valence-electron chi connectivity index (χ0n) is 17.5. The molecule has 2 aromatic rings. The highest BCUT2D eigenvalue weighted by Crippen LogP contribution is 2.45. The third kappa shape index (κ3) is 4.51. The SMILES string of the molecule is COc1ccc([C@@H]2[C@@H]3CN(c4nc(C)ncc4S(C)(=O)=O)C[C@@H]3CN2C)cc1.Cl.Cl. The molecule has 1 aromatic heterocycles. The summed E-state index contributed by atoms with van der Waals surface area (Å²) in [5, 5.41) is 0. The van der Waals surface area contributed by atoms with Crippen LogP contribution in [0.4, 0.5) is 5.82 Å². The predicted octanol–water partition coefficient (Wildman–Crippen LogP) is 2.78. The summed E-state index contributed by atoms with van der Waals surface area (Å²) in [5.74, 6) is 2.87. The van der Waals surface area contributed by atoms with Gasteiger partial charge in [-0.15, -0.1) is 24.8 Å². The maximum atomic E-state index is 12.2. The van der Waals surface area contributed by atoms with E-state index in [1.165, 1.54) is 18.0 Å². The molecule has 0 spiro atoms. The first-order valence-corrected chi connectivity index (χ1v) is 11.3. The van der Waals surface area contributed by atoms with Crippen molar-refractivity contribution in [2.45, 2.75) is 17.9 Å². The molecule has 1 aromatic carbocycles. The van der Waals surface area contributed by atoms with Crippen molar-refractivity contribution in [2.75, 3.05) is 44.9 Å². The third-order valence-corrected chi connectivity index (χ3v) is 6.99. The zero-order valence-corrected chi connectivity index (χ0v) is 19.9. The van der Waals surface area contributed by atoms with Gasteiger partial charge in [-0.3, -0.25) is 4.90 Å². The standard InChI is InChI=1S/C20H26N4O3S.2ClH/c1-13-21-9-18(28(4,25)26)20(22-13)24-11-15-10-23(2)19(17(15)12-24)14-5-7-16(27-3)8-6-14;;/h5-9,15,17,19H,10-12H2,1-4H3;2*1H/t15-,17+,19+;;/m0../s1. The molecular weight excluding hydrogens is 447 g/mol. The lowest BCUT2D eigenvalue weighted by molar-refractivity contribution is 0.279. The van der Waals surface area contributed by atoms with Crippen LogP contribution in [0.5, 0.6) is 5.75 Å². The summed E-state index contributed by atoms with van der Waals surface area (Å²) in [4.78, 5) is 13.3. The van der Waals surface area contributed by atoms with E-state index in [0.717, 1.165) is 25.4 Å². The Morgan fingerprint density at radius 1 is 1.10 bits per heavy atom. The number of anilines is 1. The predicted molar refractivity (Wildman–Crippen MR) is 122 cm³/mol. The Labute approximate surface area is 190 Å². The number of benzene rings is 1. The van der Waals surface area contributed by atoms with Gasteiger partial charge in [-0.25, -0.2) is 18.4 Å². The Hall–Kier alpha value is -1.61. The van der Waals surface area contributed by atoms with E-state index in [9.17, 15) is 8.42 Å². The van der Waals surface area contributed by atoms with Gasteiger partial charge in [0, 0.05) is 37.8 Å². The largest absolute Gasteiger partial charge is 0.497 e. The van der Waals surface area contributed by atoms with Crippen molar-refractivity contribution in [1.29, 1.82) is 0 Å². The van der Waals surface area contributed by atoms with Crippen LogP contribution in [0.2, 0.25) is 0 Å². The van der Waals surface area contributed by atoms with Crippen LogP contribution >= 0.6 is 24.8 Å². The number of halogens is 2. The molecule has 2 fully saturated rings. The van der Waals surface area contributed by atoms with E-state index < -0.39 is 9.84 Å². The number of aryl methyl sites for hydroxylation is 1. The van der Waals surface area contributed by atoms with Gasteiger partial charge in [-0.1, -0.05) is 12.1 Å². The molecule has 0 aliphatic carbocycles. The fourth-order valence-corrected chi connectivity index (χ4v) is 5.42. The first-order chi connectivity index (χ1) is 13.3. The van der Waals surface area contributed by atoms with Crippen molar-refractivity contribution in [3.05, 3.63) is 41.9 Å². The summed E-state index contributed by atoms with van der Waals surface area (Å²) in [6.45, 7) is 4.36. The highest BCUT2D eigenvalue weighted by atomic mass is 35.5. The van der Waals surface area contributed by atoms with Crippen molar-refractivity contribution in [1.82, 2.24) is 14.9 Å². The van der Waals surface area contributed by atoms with E-state index in [-0.39, 0.29) is 29.7 Å². The van der Waals surface area contributed by atoms with Crippen LogP contribution in [-0.4, -0.2) is 63.3 Å². The quantitative estimate of drug-likeness (QED) is 0.673. The zero-order chi connectivity index (χ0) is 20.1. The summed E-state index contributed by atoms with van der Waals surface area (Å²) < 4.78 is 29.8. The molecule has 2 saturated heterocycles. The molecule has 7 nitrogen and oxygen atoms in total. The van der Waals surface area contributed by atoms with Crippen molar-refractivity contribution in [2.24, 2.45) is 11.8 Å². The van der Waals surface area contributed by atoms with Gasteiger partial charge in [0.25, 0.3) is 0 Å². The normalized spacial score (nSPS) is 23.5. The van der Waals surface area contributed by atoms with Crippen LogP contribution in [-0.2, 0) is 9.84 Å². The molecule has 3 atom stereocenters. The molecule has 2 aliphatic heterocycles. The second-order valence-corrected chi connectivity index (χ2v) is 9.85. The van der Waals surface area contributed by atoms with Crippen LogP contribution < -0.4 is 9.64 Å². The topological polar surface area (TPSA) is 75.6 Å². The number of aromatic nitrogens is 2. The lowest BCUT2D eigenvalue weighted by Gasteiger charge is -2.28. The minimum atomic E-state index is -3.39. The number of hydrogen-bond acceptors (Lipinski definition) is 7. The van der Waals surface area contributed by atoms with E-state index in [1.54, 1.807) is 14.0 Å². The first-order valence-electron chi connectivity index (χ1n) is 9.40. The molecule has 0 bridgehead atoms. The number of fused-ring (bicyclic) bond motifs is 1. The van der Waals surface area contributed by atoms with Crippen molar-refractivity contribution in [3.8, 4) is 5.75 Å². The molecule has 166 valence electrons. The fraction of sp³-hybridized carbons (Fsp3) is 0.500.